The first kappa shape index (κ1) is 26.1. The van der Waals surface area contributed by atoms with E-state index in [4.69, 9.17) is 25.8 Å². The SMILES string of the molecule is CCOC(C)=O.CCOc1c(C2(C)OCCO2)cc(Cl)c(F)c1C(CC)C[N+](=O)[O-]. The molecule has 1 aromatic carbocycles. The van der Waals surface area contributed by atoms with Crippen molar-refractivity contribution in [3.8, 4) is 5.75 Å². The summed E-state index contributed by atoms with van der Waals surface area (Å²) in [6, 6.07) is 1.41. The molecule has 0 saturated carbocycles. The number of nitro groups is 1. The van der Waals surface area contributed by atoms with Gasteiger partial charge in [-0.25, -0.2) is 4.39 Å². The van der Waals surface area contributed by atoms with Crippen LogP contribution in [0.2, 0.25) is 5.02 Å². The van der Waals surface area contributed by atoms with Crippen LogP contribution in [0.1, 0.15) is 58.1 Å². The van der Waals surface area contributed by atoms with E-state index in [0.717, 1.165) is 0 Å². The Kier molecular flexibility index (Phi) is 10.4. The van der Waals surface area contributed by atoms with Gasteiger partial charge in [-0.2, -0.15) is 0 Å². The molecule has 10 heteroatoms. The van der Waals surface area contributed by atoms with E-state index in [2.05, 4.69) is 4.74 Å². The van der Waals surface area contributed by atoms with Gasteiger partial charge in [-0.1, -0.05) is 18.5 Å². The molecule has 0 N–H and O–H groups in total. The Balaban J connectivity index is 0.000000656. The lowest BCUT2D eigenvalue weighted by Gasteiger charge is -2.28. The number of hydrogen-bond donors (Lipinski definition) is 0. The van der Waals surface area contributed by atoms with Gasteiger partial charge in [-0.15, -0.1) is 0 Å². The predicted molar refractivity (Wildman–Crippen MR) is 109 cm³/mol. The highest BCUT2D eigenvalue weighted by atomic mass is 35.5. The highest BCUT2D eigenvalue weighted by molar-refractivity contribution is 6.31. The third-order valence-corrected chi connectivity index (χ3v) is 4.72. The van der Waals surface area contributed by atoms with Gasteiger partial charge in [0.25, 0.3) is 0 Å². The lowest BCUT2D eigenvalue weighted by Crippen LogP contribution is -2.25. The molecule has 0 bridgehead atoms. The predicted octanol–water partition coefficient (Wildman–Crippen LogP) is 4.44. The average molecular weight is 450 g/mol. The molecule has 2 rings (SSSR count). The topological polar surface area (TPSA) is 97.1 Å². The van der Waals surface area contributed by atoms with Crippen molar-refractivity contribution in [1.82, 2.24) is 0 Å². The third-order valence-electron chi connectivity index (χ3n) is 4.44. The minimum Gasteiger partial charge on any atom is -0.493 e. The zero-order valence-electron chi connectivity index (χ0n) is 18.0. The summed E-state index contributed by atoms with van der Waals surface area (Å²) in [4.78, 5) is 20.3. The minimum absolute atomic E-state index is 0.110. The molecule has 0 amide bonds. The van der Waals surface area contributed by atoms with Gasteiger partial charge in [0.1, 0.15) is 11.6 Å². The second-order valence-electron chi connectivity index (χ2n) is 6.58. The van der Waals surface area contributed by atoms with Crippen molar-refractivity contribution in [1.29, 1.82) is 0 Å². The fourth-order valence-corrected chi connectivity index (χ4v) is 3.32. The zero-order valence-corrected chi connectivity index (χ0v) is 18.7. The number of nitrogens with zero attached hydrogens (tertiary/aromatic N) is 1. The normalized spacial score (nSPS) is 15.7. The number of ether oxygens (including phenoxy) is 4. The molecule has 30 heavy (non-hydrogen) atoms. The Bertz CT molecular complexity index is 738. The lowest BCUT2D eigenvalue weighted by molar-refractivity contribution is -0.483. The molecule has 1 atom stereocenters. The van der Waals surface area contributed by atoms with E-state index in [1.165, 1.54) is 13.0 Å². The molecule has 1 saturated heterocycles. The van der Waals surface area contributed by atoms with E-state index in [-0.39, 0.29) is 28.9 Å². The second-order valence-corrected chi connectivity index (χ2v) is 6.99. The highest BCUT2D eigenvalue weighted by Crippen LogP contribution is 2.45. The van der Waals surface area contributed by atoms with Crippen molar-refractivity contribution < 1.29 is 33.1 Å². The van der Waals surface area contributed by atoms with Crippen molar-refractivity contribution in [2.75, 3.05) is 33.0 Å². The van der Waals surface area contributed by atoms with Gasteiger partial charge in [-0.05, 0) is 33.3 Å². The Morgan fingerprint density at radius 1 is 1.33 bits per heavy atom. The summed E-state index contributed by atoms with van der Waals surface area (Å²) in [5, 5.41) is 10.8. The van der Waals surface area contributed by atoms with Crippen LogP contribution in [0, 0.1) is 15.9 Å². The quantitative estimate of drug-likeness (QED) is 0.329. The van der Waals surface area contributed by atoms with Crippen molar-refractivity contribution >= 4 is 17.6 Å². The van der Waals surface area contributed by atoms with Gasteiger partial charge in [0, 0.05) is 17.4 Å². The van der Waals surface area contributed by atoms with Crippen LogP contribution >= 0.6 is 11.6 Å². The Morgan fingerprint density at radius 3 is 2.33 bits per heavy atom. The zero-order chi connectivity index (χ0) is 22.9. The molecule has 0 aromatic heterocycles. The summed E-state index contributed by atoms with van der Waals surface area (Å²) in [7, 11) is 0. The van der Waals surface area contributed by atoms with Gasteiger partial charge >= 0.3 is 5.97 Å². The van der Waals surface area contributed by atoms with Gasteiger partial charge in [0.2, 0.25) is 6.54 Å². The number of halogens is 2. The third kappa shape index (κ3) is 6.78. The molecule has 0 radical (unpaired) electrons. The molecule has 1 aromatic rings. The number of carbonyl (C=O) groups is 1. The monoisotopic (exact) mass is 449 g/mol. The fourth-order valence-electron chi connectivity index (χ4n) is 3.11. The van der Waals surface area contributed by atoms with E-state index < -0.39 is 29.0 Å². The largest absolute Gasteiger partial charge is 0.493 e. The molecule has 1 aliphatic rings. The van der Waals surface area contributed by atoms with Crippen LogP contribution in [-0.4, -0.2) is 43.9 Å². The van der Waals surface area contributed by atoms with E-state index in [1.54, 1.807) is 27.7 Å². The van der Waals surface area contributed by atoms with Crippen LogP contribution in [0.5, 0.6) is 5.75 Å². The van der Waals surface area contributed by atoms with Gasteiger partial charge in [0.15, 0.2) is 5.79 Å². The summed E-state index contributed by atoms with van der Waals surface area (Å²) in [5.41, 5.74) is 0.559. The Morgan fingerprint density at radius 2 is 1.93 bits per heavy atom. The molecule has 1 heterocycles. The molecule has 1 aliphatic heterocycles. The van der Waals surface area contributed by atoms with Crippen molar-refractivity contribution in [2.45, 2.75) is 52.7 Å². The van der Waals surface area contributed by atoms with E-state index in [0.29, 0.717) is 31.8 Å². The van der Waals surface area contributed by atoms with Crippen molar-refractivity contribution in [2.24, 2.45) is 0 Å². The van der Waals surface area contributed by atoms with Crippen LogP contribution in [0.15, 0.2) is 6.07 Å². The number of hydrogen-bond acceptors (Lipinski definition) is 7. The maximum atomic E-state index is 14.7. The lowest BCUT2D eigenvalue weighted by atomic mass is 9.91. The van der Waals surface area contributed by atoms with Gasteiger partial charge in [-0.3, -0.25) is 14.9 Å². The molecule has 8 nitrogen and oxygen atoms in total. The second kappa shape index (κ2) is 12.0. The van der Waals surface area contributed by atoms with E-state index >= 15 is 0 Å². The summed E-state index contributed by atoms with van der Waals surface area (Å²) in [6.45, 7) is 9.50. The highest BCUT2D eigenvalue weighted by Gasteiger charge is 2.40. The van der Waals surface area contributed by atoms with Crippen LogP contribution < -0.4 is 4.74 Å². The number of benzene rings is 1. The average Bonchev–Trinajstić information content (AvgIpc) is 3.11. The summed E-state index contributed by atoms with van der Waals surface area (Å²) in [5.74, 6) is -2.47. The van der Waals surface area contributed by atoms with Crippen LogP contribution in [0.3, 0.4) is 0 Å². The van der Waals surface area contributed by atoms with Crippen LogP contribution in [0.25, 0.3) is 0 Å². The van der Waals surface area contributed by atoms with Crippen LogP contribution in [0.4, 0.5) is 4.39 Å². The minimum atomic E-state index is -1.12. The standard InChI is InChI=1S/C16H21ClFNO5.C4H8O2/c1-4-10(9-19(20)21)13-14(18)12(17)8-11(15(13)22-5-2)16(3)23-6-7-24-16;1-3-6-4(2)5/h8,10H,4-7,9H2,1-3H3;3H2,1-2H3. The number of carbonyl (C=O) groups excluding carboxylic acids is 1. The maximum Gasteiger partial charge on any atom is 0.302 e. The molecular formula is C20H29ClFNO7. The van der Waals surface area contributed by atoms with Gasteiger partial charge < -0.3 is 18.9 Å². The molecule has 0 spiro atoms. The molecular weight excluding hydrogens is 421 g/mol. The molecule has 1 fully saturated rings. The van der Waals surface area contributed by atoms with Crippen molar-refractivity contribution in [3.63, 3.8) is 0 Å². The summed E-state index contributed by atoms with van der Waals surface area (Å²) >= 11 is 6.06. The van der Waals surface area contributed by atoms with E-state index in [9.17, 15) is 19.3 Å². The smallest absolute Gasteiger partial charge is 0.302 e. The first-order valence-corrected chi connectivity index (χ1v) is 10.2. The molecule has 170 valence electrons. The number of esters is 1. The fraction of sp³-hybridized carbons (Fsp3) is 0.650. The maximum absolute atomic E-state index is 14.7. The molecule has 1 unspecified atom stereocenters. The van der Waals surface area contributed by atoms with Crippen molar-refractivity contribution in [3.05, 3.63) is 38.1 Å². The summed E-state index contributed by atoms with van der Waals surface area (Å²) in [6.07, 6.45) is 0.371. The summed E-state index contributed by atoms with van der Waals surface area (Å²) < 4.78 is 36.1. The first-order valence-electron chi connectivity index (χ1n) is 9.79. The Labute approximate surface area is 180 Å². The molecule has 0 aliphatic carbocycles. The Hall–Kier alpha value is -1.97. The number of rotatable bonds is 8. The van der Waals surface area contributed by atoms with Crippen LogP contribution in [-0.2, 0) is 24.8 Å². The first-order chi connectivity index (χ1) is 14.1. The van der Waals surface area contributed by atoms with E-state index in [1.807, 2.05) is 0 Å². The van der Waals surface area contributed by atoms with Gasteiger partial charge in [0.05, 0.1) is 42.9 Å².